The number of methoxy groups -OCH3 is 1. The van der Waals surface area contributed by atoms with Crippen LogP contribution in [-0.4, -0.2) is 28.6 Å². The number of unbranched alkanes of at least 4 members (excludes halogenated alkanes) is 1. The molecule has 0 fully saturated rings. The van der Waals surface area contributed by atoms with Gasteiger partial charge in [-0.3, -0.25) is 9.59 Å². The van der Waals surface area contributed by atoms with Crippen LogP contribution >= 0.6 is 11.8 Å². The summed E-state index contributed by atoms with van der Waals surface area (Å²) >= 11 is 1.56. The van der Waals surface area contributed by atoms with Gasteiger partial charge in [-0.05, 0) is 37.0 Å². The van der Waals surface area contributed by atoms with Gasteiger partial charge in [0.2, 0.25) is 0 Å². The highest BCUT2D eigenvalue weighted by atomic mass is 32.2. The molecule has 1 atom stereocenters. The maximum Gasteiger partial charge on any atom is 0.257 e. The monoisotopic (exact) mass is 411 g/mol. The number of hydrogen-bond acceptors (Lipinski definition) is 6. The van der Waals surface area contributed by atoms with E-state index in [4.69, 9.17) is 9.72 Å². The molecule has 1 unspecified atom stereocenters. The van der Waals surface area contributed by atoms with Gasteiger partial charge in [0, 0.05) is 29.4 Å². The van der Waals surface area contributed by atoms with Gasteiger partial charge in [-0.1, -0.05) is 37.2 Å². The molecular formula is C22H25N3O3S. The second kappa shape index (κ2) is 8.45. The van der Waals surface area contributed by atoms with E-state index in [2.05, 4.69) is 17.2 Å². The standard InChI is InChI=1S/C22H25N3O3S/c1-3-4-12-29-22-24-20-19(21(27)25-22)17(13-8-10-14(28-2)11-9-13)18-15(23-20)6-5-7-16(18)26/h8-11,17H,3-7,12H2,1-2H3,(H2,23,24,25,27). The second-order valence-electron chi connectivity index (χ2n) is 7.34. The summed E-state index contributed by atoms with van der Waals surface area (Å²) in [6, 6.07) is 7.57. The molecule has 1 aliphatic heterocycles. The summed E-state index contributed by atoms with van der Waals surface area (Å²) < 4.78 is 5.27. The minimum Gasteiger partial charge on any atom is -0.497 e. The number of thioether (sulfide) groups is 1. The number of hydrogen-bond donors (Lipinski definition) is 2. The summed E-state index contributed by atoms with van der Waals surface area (Å²) in [4.78, 5) is 33.6. The number of anilines is 1. The number of aromatic nitrogens is 2. The molecule has 2 heterocycles. The fourth-order valence-corrected chi connectivity index (χ4v) is 4.90. The van der Waals surface area contributed by atoms with E-state index in [-0.39, 0.29) is 11.3 Å². The first-order valence-electron chi connectivity index (χ1n) is 10.1. The van der Waals surface area contributed by atoms with Crippen molar-refractivity contribution in [3.63, 3.8) is 0 Å². The zero-order valence-electron chi connectivity index (χ0n) is 16.7. The lowest BCUT2D eigenvalue weighted by Gasteiger charge is -2.32. The van der Waals surface area contributed by atoms with Crippen molar-refractivity contribution in [1.82, 2.24) is 9.97 Å². The molecule has 1 aromatic carbocycles. The van der Waals surface area contributed by atoms with Crippen LogP contribution in [0.2, 0.25) is 0 Å². The highest BCUT2D eigenvalue weighted by molar-refractivity contribution is 7.99. The van der Waals surface area contributed by atoms with E-state index < -0.39 is 5.92 Å². The molecule has 4 rings (SSSR count). The Bertz CT molecular complexity index is 1010. The number of rotatable bonds is 6. The third kappa shape index (κ3) is 3.83. The number of benzene rings is 1. The molecule has 0 spiro atoms. The summed E-state index contributed by atoms with van der Waals surface area (Å²) in [5.74, 6) is 1.91. The largest absolute Gasteiger partial charge is 0.497 e. The molecule has 0 saturated heterocycles. The Balaban J connectivity index is 1.82. The Morgan fingerprint density at radius 2 is 2.00 bits per heavy atom. The molecule has 29 heavy (non-hydrogen) atoms. The third-order valence-electron chi connectivity index (χ3n) is 5.42. The molecule has 6 nitrogen and oxygen atoms in total. The fraction of sp³-hybridized carbons (Fsp3) is 0.409. The van der Waals surface area contributed by atoms with Crippen LogP contribution in [0.5, 0.6) is 5.75 Å². The van der Waals surface area contributed by atoms with Crippen LogP contribution in [0.4, 0.5) is 5.82 Å². The van der Waals surface area contributed by atoms with Crippen molar-refractivity contribution in [2.75, 3.05) is 18.2 Å². The summed E-state index contributed by atoms with van der Waals surface area (Å²) in [6.45, 7) is 2.14. The van der Waals surface area contributed by atoms with E-state index >= 15 is 0 Å². The predicted molar refractivity (Wildman–Crippen MR) is 115 cm³/mol. The molecule has 0 saturated carbocycles. The van der Waals surface area contributed by atoms with Crippen molar-refractivity contribution >= 4 is 23.4 Å². The van der Waals surface area contributed by atoms with Crippen LogP contribution in [0.15, 0.2) is 45.5 Å². The van der Waals surface area contributed by atoms with Gasteiger partial charge in [0.15, 0.2) is 10.9 Å². The summed E-state index contributed by atoms with van der Waals surface area (Å²) in [5.41, 5.74) is 2.83. The number of ketones is 1. The van der Waals surface area contributed by atoms with Crippen LogP contribution in [-0.2, 0) is 4.79 Å². The Morgan fingerprint density at radius 3 is 2.72 bits per heavy atom. The highest BCUT2D eigenvalue weighted by Gasteiger charge is 2.37. The number of H-pyrrole nitrogens is 1. The third-order valence-corrected chi connectivity index (χ3v) is 6.38. The molecule has 0 amide bonds. The first-order chi connectivity index (χ1) is 14.1. The Morgan fingerprint density at radius 1 is 1.21 bits per heavy atom. The number of Topliss-reactive ketones (excluding diaryl/α,β-unsaturated/α-hetero) is 1. The molecule has 152 valence electrons. The normalized spacial score (nSPS) is 18.1. The van der Waals surface area contributed by atoms with Crippen LogP contribution in [0.1, 0.15) is 56.1 Å². The van der Waals surface area contributed by atoms with Gasteiger partial charge < -0.3 is 15.0 Å². The highest BCUT2D eigenvalue weighted by Crippen LogP contribution is 2.43. The molecule has 2 N–H and O–H groups in total. The number of carbonyl (C=O) groups is 1. The SMILES string of the molecule is CCCCSc1nc2c(c(=O)[nH]1)C(c1ccc(OC)cc1)C1=C(CCCC1=O)N2. The molecular weight excluding hydrogens is 386 g/mol. The lowest BCUT2D eigenvalue weighted by molar-refractivity contribution is -0.116. The number of nitrogens with one attached hydrogen (secondary N) is 2. The van der Waals surface area contributed by atoms with Gasteiger partial charge in [0.1, 0.15) is 11.6 Å². The fourth-order valence-electron chi connectivity index (χ4n) is 3.95. The van der Waals surface area contributed by atoms with Crippen molar-refractivity contribution in [3.8, 4) is 5.75 Å². The molecule has 0 radical (unpaired) electrons. The van der Waals surface area contributed by atoms with Gasteiger partial charge in [-0.2, -0.15) is 0 Å². The molecule has 1 aromatic heterocycles. The average molecular weight is 412 g/mol. The minimum atomic E-state index is -0.411. The van der Waals surface area contributed by atoms with Crippen LogP contribution < -0.4 is 15.6 Å². The Kier molecular flexibility index (Phi) is 5.76. The second-order valence-corrected chi connectivity index (χ2v) is 8.42. The number of carbonyl (C=O) groups excluding carboxylic acids is 1. The lowest BCUT2D eigenvalue weighted by Crippen LogP contribution is -2.32. The van der Waals surface area contributed by atoms with Crippen molar-refractivity contribution in [1.29, 1.82) is 0 Å². The van der Waals surface area contributed by atoms with E-state index in [0.717, 1.165) is 48.4 Å². The van der Waals surface area contributed by atoms with E-state index in [1.54, 1.807) is 18.9 Å². The van der Waals surface area contributed by atoms with Crippen LogP contribution in [0, 0.1) is 0 Å². The lowest BCUT2D eigenvalue weighted by atomic mass is 9.76. The summed E-state index contributed by atoms with van der Waals surface area (Å²) in [5, 5.41) is 3.93. The topological polar surface area (TPSA) is 84.1 Å². The maximum atomic E-state index is 13.1. The van der Waals surface area contributed by atoms with Crippen molar-refractivity contribution < 1.29 is 9.53 Å². The quantitative estimate of drug-likeness (QED) is 0.420. The number of aromatic amines is 1. The van der Waals surface area contributed by atoms with E-state index in [1.165, 1.54) is 0 Å². The molecule has 2 aromatic rings. The molecule has 2 aliphatic rings. The molecule has 1 aliphatic carbocycles. The van der Waals surface area contributed by atoms with Crippen molar-refractivity contribution in [2.24, 2.45) is 0 Å². The van der Waals surface area contributed by atoms with Gasteiger partial charge in [0.25, 0.3) is 5.56 Å². The average Bonchev–Trinajstić information content (AvgIpc) is 2.73. The van der Waals surface area contributed by atoms with Crippen LogP contribution in [0.25, 0.3) is 0 Å². The van der Waals surface area contributed by atoms with Gasteiger partial charge in [-0.25, -0.2) is 4.98 Å². The van der Waals surface area contributed by atoms with Gasteiger partial charge in [0.05, 0.1) is 12.7 Å². The number of ether oxygens (including phenoxy) is 1. The van der Waals surface area contributed by atoms with Crippen molar-refractivity contribution in [2.45, 2.75) is 50.1 Å². The number of allylic oxidation sites excluding steroid dienone is 2. The van der Waals surface area contributed by atoms with E-state index in [0.29, 0.717) is 28.5 Å². The summed E-state index contributed by atoms with van der Waals surface area (Å²) in [6.07, 6.45) is 4.28. The molecule has 7 heteroatoms. The smallest absolute Gasteiger partial charge is 0.257 e. The van der Waals surface area contributed by atoms with Gasteiger partial charge in [-0.15, -0.1) is 0 Å². The maximum absolute atomic E-state index is 13.1. The van der Waals surface area contributed by atoms with Crippen molar-refractivity contribution in [3.05, 3.63) is 57.0 Å². The van der Waals surface area contributed by atoms with Crippen LogP contribution in [0.3, 0.4) is 0 Å². The minimum absolute atomic E-state index is 0.103. The Hall–Kier alpha value is -2.54. The van der Waals surface area contributed by atoms with E-state index in [9.17, 15) is 9.59 Å². The first kappa shape index (κ1) is 19.8. The first-order valence-corrected chi connectivity index (χ1v) is 11.0. The Labute approximate surface area is 174 Å². The van der Waals surface area contributed by atoms with E-state index in [1.807, 2.05) is 24.3 Å². The zero-order valence-corrected chi connectivity index (χ0v) is 17.5. The zero-order chi connectivity index (χ0) is 20.4. The predicted octanol–water partition coefficient (Wildman–Crippen LogP) is 4.24. The number of nitrogens with zero attached hydrogens (tertiary/aromatic N) is 1. The van der Waals surface area contributed by atoms with Gasteiger partial charge >= 0.3 is 0 Å². The summed E-state index contributed by atoms with van der Waals surface area (Å²) in [7, 11) is 1.62. The number of fused-ring (bicyclic) bond motifs is 1. The molecule has 0 bridgehead atoms.